The summed E-state index contributed by atoms with van der Waals surface area (Å²) in [6, 6.07) is 17.4. The SMILES string of the molecule is Cc1ccc(C(CBr)OC2CCCc3ccccc32)cc1. The molecule has 0 bridgehead atoms. The summed E-state index contributed by atoms with van der Waals surface area (Å²) in [6.07, 6.45) is 3.84. The number of aryl methyl sites for hydroxylation is 2. The number of rotatable bonds is 4. The molecule has 2 aromatic rings. The maximum absolute atomic E-state index is 6.45. The number of benzene rings is 2. The van der Waals surface area contributed by atoms with Crippen LogP contribution in [0.15, 0.2) is 48.5 Å². The predicted molar refractivity (Wildman–Crippen MR) is 90.9 cm³/mol. The molecule has 0 heterocycles. The molecule has 110 valence electrons. The Morgan fingerprint density at radius 2 is 1.90 bits per heavy atom. The Morgan fingerprint density at radius 1 is 1.14 bits per heavy atom. The van der Waals surface area contributed by atoms with Crippen molar-refractivity contribution in [3.05, 3.63) is 70.8 Å². The third-order valence-electron chi connectivity index (χ3n) is 4.23. The molecule has 3 rings (SSSR count). The molecule has 0 amide bonds. The van der Waals surface area contributed by atoms with Crippen molar-refractivity contribution in [2.45, 2.75) is 38.4 Å². The van der Waals surface area contributed by atoms with Gasteiger partial charge in [0.25, 0.3) is 0 Å². The van der Waals surface area contributed by atoms with E-state index in [0.717, 1.165) is 11.8 Å². The van der Waals surface area contributed by atoms with Crippen LogP contribution < -0.4 is 0 Å². The van der Waals surface area contributed by atoms with E-state index < -0.39 is 0 Å². The van der Waals surface area contributed by atoms with E-state index in [0.29, 0.717) is 0 Å². The van der Waals surface area contributed by atoms with Gasteiger partial charge in [0.1, 0.15) is 0 Å². The van der Waals surface area contributed by atoms with Crippen molar-refractivity contribution < 1.29 is 4.74 Å². The third-order valence-corrected chi connectivity index (χ3v) is 4.82. The second kappa shape index (κ2) is 6.76. The smallest absolute Gasteiger partial charge is 0.0930 e. The van der Waals surface area contributed by atoms with E-state index in [1.165, 1.54) is 35.1 Å². The van der Waals surface area contributed by atoms with Gasteiger partial charge in [0.2, 0.25) is 0 Å². The van der Waals surface area contributed by atoms with Crippen molar-refractivity contribution in [1.29, 1.82) is 0 Å². The molecule has 0 spiro atoms. The second-order valence-corrected chi connectivity index (χ2v) is 6.42. The summed E-state index contributed by atoms with van der Waals surface area (Å²) in [5.74, 6) is 0. The zero-order valence-electron chi connectivity index (χ0n) is 12.4. The fraction of sp³-hybridized carbons (Fsp3) is 0.368. The molecule has 1 nitrogen and oxygen atoms in total. The third kappa shape index (κ3) is 3.38. The van der Waals surface area contributed by atoms with Crippen LogP contribution in [-0.2, 0) is 11.2 Å². The highest BCUT2D eigenvalue weighted by Crippen LogP contribution is 2.36. The van der Waals surface area contributed by atoms with Gasteiger partial charge in [-0.15, -0.1) is 0 Å². The number of alkyl halides is 1. The zero-order valence-corrected chi connectivity index (χ0v) is 14.0. The molecule has 2 atom stereocenters. The molecule has 0 saturated carbocycles. The number of hydrogen-bond donors (Lipinski definition) is 0. The van der Waals surface area contributed by atoms with E-state index in [-0.39, 0.29) is 12.2 Å². The minimum absolute atomic E-state index is 0.113. The molecule has 21 heavy (non-hydrogen) atoms. The molecular formula is C19H21BrO. The Morgan fingerprint density at radius 3 is 2.67 bits per heavy atom. The van der Waals surface area contributed by atoms with Gasteiger partial charge in [-0.2, -0.15) is 0 Å². The summed E-state index contributed by atoms with van der Waals surface area (Å²) in [4.78, 5) is 0. The number of fused-ring (bicyclic) bond motifs is 1. The summed E-state index contributed by atoms with van der Waals surface area (Å²) < 4.78 is 6.45. The Bertz CT molecular complexity index is 591. The van der Waals surface area contributed by atoms with E-state index in [4.69, 9.17) is 4.74 Å². The molecule has 1 aliphatic rings. The van der Waals surface area contributed by atoms with Gasteiger partial charge in [0, 0.05) is 5.33 Å². The van der Waals surface area contributed by atoms with Gasteiger partial charge >= 0.3 is 0 Å². The quantitative estimate of drug-likeness (QED) is 0.663. The first kappa shape index (κ1) is 14.8. The predicted octanol–water partition coefficient (Wildman–Crippen LogP) is 5.53. The molecule has 2 heteroatoms. The molecular weight excluding hydrogens is 324 g/mol. The topological polar surface area (TPSA) is 9.23 Å². The molecule has 1 aliphatic carbocycles. The van der Waals surface area contributed by atoms with Gasteiger partial charge < -0.3 is 4.74 Å². The molecule has 0 N–H and O–H groups in total. The molecule has 0 radical (unpaired) electrons. The lowest BCUT2D eigenvalue weighted by molar-refractivity contribution is -0.0110. The van der Waals surface area contributed by atoms with Crippen LogP contribution in [0.2, 0.25) is 0 Å². The summed E-state index contributed by atoms with van der Waals surface area (Å²) in [5, 5.41) is 0.828. The van der Waals surface area contributed by atoms with Gasteiger partial charge in [-0.3, -0.25) is 0 Å². The van der Waals surface area contributed by atoms with Crippen molar-refractivity contribution in [3.63, 3.8) is 0 Å². The van der Waals surface area contributed by atoms with Crippen LogP contribution in [0.5, 0.6) is 0 Å². The normalized spacial score (nSPS) is 19.0. The summed E-state index contributed by atoms with van der Waals surface area (Å²) in [7, 11) is 0. The van der Waals surface area contributed by atoms with Crippen LogP contribution in [-0.4, -0.2) is 5.33 Å². The van der Waals surface area contributed by atoms with Crippen LogP contribution in [0.25, 0.3) is 0 Å². The van der Waals surface area contributed by atoms with Gasteiger partial charge in [-0.1, -0.05) is 70.0 Å². The summed E-state index contributed by atoms with van der Waals surface area (Å²) in [6.45, 7) is 2.12. The zero-order chi connectivity index (χ0) is 14.7. The van der Waals surface area contributed by atoms with Crippen molar-refractivity contribution in [2.24, 2.45) is 0 Å². The first-order valence-electron chi connectivity index (χ1n) is 7.63. The van der Waals surface area contributed by atoms with E-state index >= 15 is 0 Å². The average Bonchev–Trinajstić information content (AvgIpc) is 2.54. The molecule has 2 aromatic carbocycles. The van der Waals surface area contributed by atoms with Crippen LogP contribution in [0.3, 0.4) is 0 Å². The van der Waals surface area contributed by atoms with Gasteiger partial charge in [0.05, 0.1) is 12.2 Å². The number of halogens is 1. The standard InChI is InChI=1S/C19H21BrO/c1-14-9-11-16(12-10-14)19(13-20)21-18-8-4-6-15-5-2-3-7-17(15)18/h2-3,5,7,9-12,18-19H,4,6,8,13H2,1H3. The Kier molecular flexibility index (Phi) is 4.77. The lowest BCUT2D eigenvalue weighted by Crippen LogP contribution is -2.16. The Balaban J connectivity index is 1.80. The average molecular weight is 345 g/mol. The lowest BCUT2D eigenvalue weighted by atomic mass is 9.89. The Hall–Kier alpha value is -1.12. The van der Waals surface area contributed by atoms with E-state index in [1.54, 1.807) is 0 Å². The van der Waals surface area contributed by atoms with Crippen molar-refractivity contribution in [3.8, 4) is 0 Å². The molecule has 2 unspecified atom stereocenters. The van der Waals surface area contributed by atoms with Crippen LogP contribution in [0, 0.1) is 6.92 Å². The van der Waals surface area contributed by atoms with Crippen LogP contribution in [0.4, 0.5) is 0 Å². The maximum atomic E-state index is 6.45. The summed E-state index contributed by atoms with van der Waals surface area (Å²) >= 11 is 3.61. The second-order valence-electron chi connectivity index (χ2n) is 5.77. The van der Waals surface area contributed by atoms with Crippen molar-refractivity contribution in [2.75, 3.05) is 5.33 Å². The Labute approximate surface area is 135 Å². The van der Waals surface area contributed by atoms with Gasteiger partial charge in [-0.25, -0.2) is 0 Å². The van der Waals surface area contributed by atoms with E-state index in [9.17, 15) is 0 Å². The highest BCUT2D eigenvalue weighted by atomic mass is 79.9. The molecule has 0 fully saturated rings. The molecule has 0 aliphatic heterocycles. The first-order chi connectivity index (χ1) is 10.3. The molecule has 0 aromatic heterocycles. The minimum atomic E-state index is 0.113. The van der Waals surface area contributed by atoms with E-state index in [1.807, 2.05) is 0 Å². The van der Waals surface area contributed by atoms with Crippen molar-refractivity contribution in [1.82, 2.24) is 0 Å². The van der Waals surface area contributed by atoms with Crippen molar-refractivity contribution >= 4 is 15.9 Å². The maximum Gasteiger partial charge on any atom is 0.0930 e. The first-order valence-corrected chi connectivity index (χ1v) is 8.76. The van der Waals surface area contributed by atoms with Crippen LogP contribution >= 0.6 is 15.9 Å². The highest BCUT2D eigenvalue weighted by Gasteiger charge is 2.24. The van der Waals surface area contributed by atoms with Gasteiger partial charge in [0.15, 0.2) is 0 Å². The highest BCUT2D eigenvalue weighted by molar-refractivity contribution is 9.09. The number of ether oxygens (including phenoxy) is 1. The molecule has 0 saturated heterocycles. The lowest BCUT2D eigenvalue weighted by Gasteiger charge is -2.29. The fourth-order valence-electron chi connectivity index (χ4n) is 3.03. The van der Waals surface area contributed by atoms with Gasteiger partial charge in [-0.05, 0) is 42.9 Å². The van der Waals surface area contributed by atoms with E-state index in [2.05, 4.69) is 71.4 Å². The van der Waals surface area contributed by atoms with Crippen LogP contribution in [0.1, 0.15) is 47.3 Å². The fourth-order valence-corrected chi connectivity index (χ4v) is 3.56. The summed E-state index contributed by atoms with van der Waals surface area (Å²) in [5.41, 5.74) is 5.36. The minimum Gasteiger partial charge on any atom is -0.365 e. The number of hydrogen-bond acceptors (Lipinski definition) is 1. The monoisotopic (exact) mass is 344 g/mol. The largest absolute Gasteiger partial charge is 0.365 e.